The van der Waals surface area contributed by atoms with Crippen LogP contribution in [0.3, 0.4) is 0 Å². The quantitative estimate of drug-likeness (QED) is 0.775. The molecule has 21 heavy (non-hydrogen) atoms. The van der Waals surface area contributed by atoms with Crippen LogP contribution in [-0.2, 0) is 13.2 Å². The Labute approximate surface area is 128 Å². The third kappa shape index (κ3) is 3.06. The summed E-state index contributed by atoms with van der Waals surface area (Å²) in [5, 5.41) is 8.76. The molecule has 0 saturated heterocycles. The van der Waals surface area contributed by atoms with E-state index in [0.29, 0.717) is 6.61 Å². The molecular formula is C17H18N2OS. The Morgan fingerprint density at radius 2 is 2.05 bits per heavy atom. The minimum Gasteiger partial charge on any atom is -0.486 e. The molecule has 0 fully saturated rings. The summed E-state index contributed by atoms with van der Waals surface area (Å²) in [5.74, 6) is 0.927. The van der Waals surface area contributed by atoms with Gasteiger partial charge >= 0.3 is 0 Å². The van der Waals surface area contributed by atoms with Gasteiger partial charge in [-0.05, 0) is 30.8 Å². The first-order valence-electron chi connectivity index (χ1n) is 6.97. The first-order chi connectivity index (χ1) is 10.3. The Kier molecular flexibility index (Phi) is 4.18. The molecule has 1 N–H and O–H groups in total. The number of nitrogens with one attached hydrogen (secondary N) is 1. The molecule has 0 spiro atoms. The molecule has 3 nitrogen and oxygen atoms in total. The van der Waals surface area contributed by atoms with Gasteiger partial charge in [0.1, 0.15) is 17.4 Å². The number of nitrogens with zero attached hydrogens (tertiary/aromatic N) is 1. The highest BCUT2D eigenvalue weighted by atomic mass is 32.1. The Bertz CT molecular complexity index is 751. The summed E-state index contributed by atoms with van der Waals surface area (Å²) in [6, 6.07) is 12.6. The van der Waals surface area contributed by atoms with E-state index in [1.165, 1.54) is 16.3 Å². The number of fused-ring (bicyclic) bond motifs is 1. The molecule has 0 unspecified atom stereocenters. The molecule has 0 atom stereocenters. The van der Waals surface area contributed by atoms with Crippen LogP contribution in [0.4, 0.5) is 0 Å². The first-order valence-corrected chi connectivity index (χ1v) is 7.85. The zero-order chi connectivity index (χ0) is 14.7. The monoisotopic (exact) mass is 298 g/mol. The van der Waals surface area contributed by atoms with E-state index in [0.717, 1.165) is 23.0 Å². The Hall–Kier alpha value is -1.91. The van der Waals surface area contributed by atoms with Gasteiger partial charge in [0.2, 0.25) is 0 Å². The van der Waals surface area contributed by atoms with Crippen LogP contribution in [0, 0.1) is 6.92 Å². The maximum absolute atomic E-state index is 6.01. The van der Waals surface area contributed by atoms with Gasteiger partial charge in [-0.15, -0.1) is 11.3 Å². The summed E-state index contributed by atoms with van der Waals surface area (Å²) >= 11 is 1.64. The molecule has 1 aromatic heterocycles. The lowest BCUT2D eigenvalue weighted by Gasteiger charge is -2.13. The molecule has 0 aliphatic rings. The summed E-state index contributed by atoms with van der Waals surface area (Å²) in [6.45, 7) is 3.31. The average Bonchev–Trinajstić information content (AvgIpc) is 2.92. The summed E-state index contributed by atoms with van der Waals surface area (Å²) < 4.78 is 6.01. The standard InChI is InChI=1S/C17H18N2OS/c1-12-11-21-17(19-12)10-20-16-8-7-13-5-3-4-6-14(13)15(16)9-18-2/h3-8,11,18H,9-10H2,1-2H3. The highest BCUT2D eigenvalue weighted by Crippen LogP contribution is 2.28. The minimum absolute atomic E-state index is 0.521. The third-order valence-corrected chi connectivity index (χ3v) is 4.31. The molecule has 1 heterocycles. The lowest BCUT2D eigenvalue weighted by atomic mass is 10.0. The fraction of sp³-hybridized carbons (Fsp3) is 0.235. The van der Waals surface area contributed by atoms with Gasteiger partial charge in [-0.3, -0.25) is 0 Å². The number of thiazole rings is 1. The van der Waals surface area contributed by atoms with E-state index < -0.39 is 0 Å². The van der Waals surface area contributed by atoms with Gasteiger partial charge in [0, 0.05) is 23.2 Å². The molecule has 4 heteroatoms. The second-order valence-corrected chi connectivity index (χ2v) is 5.91. The number of benzene rings is 2. The lowest BCUT2D eigenvalue weighted by molar-refractivity contribution is 0.302. The molecule has 3 rings (SSSR count). The number of aromatic nitrogens is 1. The van der Waals surface area contributed by atoms with Crippen molar-refractivity contribution in [3.8, 4) is 5.75 Å². The van der Waals surface area contributed by atoms with Gasteiger partial charge in [0.25, 0.3) is 0 Å². The lowest BCUT2D eigenvalue weighted by Crippen LogP contribution is -2.08. The summed E-state index contributed by atoms with van der Waals surface area (Å²) in [4.78, 5) is 4.44. The predicted octanol–water partition coefficient (Wildman–Crippen LogP) is 3.90. The average molecular weight is 298 g/mol. The zero-order valence-corrected chi connectivity index (χ0v) is 13.0. The van der Waals surface area contributed by atoms with Gasteiger partial charge in [0.05, 0.1) is 0 Å². The van der Waals surface area contributed by atoms with Crippen molar-refractivity contribution in [3.63, 3.8) is 0 Å². The van der Waals surface area contributed by atoms with Crippen molar-refractivity contribution >= 4 is 22.1 Å². The first kappa shape index (κ1) is 14.0. The fourth-order valence-corrected chi connectivity index (χ4v) is 3.10. The van der Waals surface area contributed by atoms with Crippen LogP contribution in [0.1, 0.15) is 16.3 Å². The van der Waals surface area contributed by atoms with E-state index in [-0.39, 0.29) is 0 Å². The van der Waals surface area contributed by atoms with E-state index in [1.807, 2.05) is 19.4 Å². The van der Waals surface area contributed by atoms with Crippen LogP contribution in [-0.4, -0.2) is 12.0 Å². The summed E-state index contributed by atoms with van der Waals surface area (Å²) in [5.41, 5.74) is 2.25. The number of aryl methyl sites for hydroxylation is 1. The summed E-state index contributed by atoms with van der Waals surface area (Å²) in [7, 11) is 1.95. The van der Waals surface area contributed by atoms with Crippen molar-refractivity contribution in [1.82, 2.24) is 10.3 Å². The van der Waals surface area contributed by atoms with E-state index in [2.05, 4.69) is 46.7 Å². The largest absolute Gasteiger partial charge is 0.486 e. The number of rotatable bonds is 5. The van der Waals surface area contributed by atoms with Crippen molar-refractivity contribution in [1.29, 1.82) is 0 Å². The van der Waals surface area contributed by atoms with E-state index in [9.17, 15) is 0 Å². The Balaban J connectivity index is 1.91. The van der Waals surface area contributed by atoms with Crippen LogP contribution in [0.15, 0.2) is 41.8 Å². The SMILES string of the molecule is CNCc1c(OCc2nc(C)cs2)ccc2ccccc12. The molecule has 3 aromatic rings. The molecule has 0 bridgehead atoms. The van der Waals surface area contributed by atoms with E-state index in [1.54, 1.807) is 11.3 Å². The Morgan fingerprint density at radius 1 is 1.19 bits per heavy atom. The number of ether oxygens (including phenoxy) is 1. The zero-order valence-electron chi connectivity index (χ0n) is 12.2. The number of hydrogen-bond donors (Lipinski definition) is 1. The van der Waals surface area contributed by atoms with Crippen LogP contribution in [0.25, 0.3) is 10.8 Å². The van der Waals surface area contributed by atoms with Crippen molar-refractivity contribution in [3.05, 3.63) is 58.0 Å². The van der Waals surface area contributed by atoms with Gasteiger partial charge in [-0.25, -0.2) is 4.98 Å². The van der Waals surface area contributed by atoms with Gasteiger partial charge in [-0.2, -0.15) is 0 Å². The molecule has 0 amide bonds. The van der Waals surface area contributed by atoms with E-state index in [4.69, 9.17) is 4.74 Å². The molecule has 0 radical (unpaired) electrons. The van der Waals surface area contributed by atoms with Crippen LogP contribution in [0.5, 0.6) is 5.75 Å². The van der Waals surface area contributed by atoms with Crippen molar-refractivity contribution in [2.45, 2.75) is 20.1 Å². The highest BCUT2D eigenvalue weighted by molar-refractivity contribution is 7.09. The molecule has 0 aliphatic carbocycles. The predicted molar refractivity (Wildman–Crippen MR) is 87.9 cm³/mol. The molecule has 2 aromatic carbocycles. The maximum atomic E-state index is 6.01. The number of hydrogen-bond acceptors (Lipinski definition) is 4. The molecule has 0 aliphatic heterocycles. The fourth-order valence-electron chi connectivity index (χ4n) is 2.42. The van der Waals surface area contributed by atoms with E-state index >= 15 is 0 Å². The molecule has 0 saturated carbocycles. The van der Waals surface area contributed by atoms with Gasteiger partial charge in [0.15, 0.2) is 0 Å². The Morgan fingerprint density at radius 3 is 2.81 bits per heavy atom. The van der Waals surface area contributed by atoms with Crippen molar-refractivity contribution in [2.24, 2.45) is 0 Å². The second kappa shape index (κ2) is 6.24. The molecule has 108 valence electrons. The van der Waals surface area contributed by atoms with Crippen LogP contribution >= 0.6 is 11.3 Å². The van der Waals surface area contributed by atoms with Crippen LogP contribution in [0.2, 0.25) is 0 Å². The molecular weight excluding hydrogens is 280 g/mol. The highest BCUT2D eigenvalue weighted by Gasteiger charge is 2.09. The topological polar surface area (TPSA) is 34.1 Å². The third-order valence-electron chi connectivity index (χ3n) is 3.37. The summed E-state index contributed by atoms with van der Waals surface area (Å²) in [6.07, 6.45) is 0. The smallest absolute Gasteiger partial charge is 0.140 e. The second-order valence-electron chi connectivity index (χ2n) is 4.97. The van der Waals surface area contributed by atoms with Gasteiger partial charge < -0.3 is 10.1 Å². The van der Waals surface area contributed by atoms with Gasteiger partial charge in [-0.1, -0.05) is 30.3 Å². The minimum atomic E-state index is 0.521. The maximum Gasteiger partial charge on any atom is 0.140 e. The van der Waals surface area contributed by atoms with Crippen LogP contribution < -0.4 is 10.1 Å². The van der Waals surface area contributed by atoms with Crippen molar-refractivity contribution < 1.29 is 4.74 Å². The van der Waals surface area contributed by atoms with Crippen molar-refractivity contribution in [2.75, 3.05) is 7.05 Å². The normalized spacial score (nSPS) is 11.0.